The molecular formula is C22H23N. The van der Waals surface area contributed by atoms with Crippen LogP contribution in [0.2, 0.25) is 0 Å². The van der Waals surface area contributed by atoms with Crippen molar-refractivity contribution < 1.29 is 0 Å². The first kappa shape index (κ1) is 15.4. The molecule has 0 aromatic heterocycles. The maximum Gasteiger partial charge on any atom is 0.0416 e. The number of benzene rings is 3. The summed E-state index contributed by atoms with van der Waals surface area (Å²) in [6, 6.07) is 29.7. The summed E-state index contributed by atoms with van der Waals surface area (Å²) in [5.41, 5.74) is 5.19. The molecule has 1 N–H and O–H groups in total. The molecule has 0 heterocycles. The average molecular weight is 301 g/mol. The highest BCUT2D eigenvalue weighted by atomic mass is 14.9. The van der Waals surface area contributed by atoms with Crippen molar-refractivity contribution >= 4 is 11.4 Å². The molecule has 23 heavy (non-hydrogen) atoms. The largest absolute Gasteiger partial charge is 0.355 e. The van der Waals surface area contributed by atoms with Crippen LogP contribution in [0.5, 0.6) is 0 Å². The van der Waals surface area contributed by atoms with Crippen molar-refractivity contribution in [3.63, 3.8) is 0 Å². The van der Waals surface area contributed by atoms with Gasteiger partial charge in [0.05, 0.1) is 0 Å². The molecule has 0 aliphatic carbocycles. The first-order valence-corrected chi connectivity index (χ1v) is 8.36. The average Bonchev–Trinajstić information content (AvgIpc) is 2.62. The standard InChI is InChI=1S/C22H23N/c1-3-11-19(12-4-1)13-7-8-14-20-15-9-10-18-22(20)23-21-16-5-2-6-17-21/h1-6,9-12,15-18,23H,7-8,13-14H2. The molecule has 116 valence electrons. The summed E-state index contributed by atoms with van der Waals surface area (Å²) in [6.45, 7) is 0. The predicted octanol–water partition coefficient (Wildman–Crippen LogP) is 6.00. The van der Waals surface area contributed by atoms with Gasteiger partial charge in [0, 0.05) is 11.4 Å². The van der Waals surface area contributed by atoms with E-state index < -0.39 is 0 Å². The van der Waals surface area contributed by atoms with Crippen molar-refractivity contribution in [1.29, 1.82) is 0 Å². The van der Waals surface area contributed by atoms with Crippen molar-refractivity contribution in [2.24, 2.45) is 0 Å². The molecule has 0 aliphatic rings. The molecule has 0 saturated carbocycles. The van der Waals surface area contributed by atoms with Gasteiger partial charge in [-0.2, -0.15) is 0 Å². The van der Waals surface area contributed by atoms with E-state index in [-0.39, 0.29) is 0 Å². The lowest BCUT2D eigenvalue weighted by Gasteiger charge is -2.12. The van der Waals surface area contributed by atoms with Crippen molar-refractivity contribution in [3.05, 3.63) is 96.1 Å². The second-order valence-corrected chi connectivity index (χ2v) is 5.84. The third-order valence-corrected chi connectivity index (χ3v) is 4.07. The minimum atomic E-state index is 1.11. The van der Waals surface area contributed by atoms with Gasteiger partial charge in [0.15, 0.2) is 0 Å². The molecule has 0 saturated heterocycles. The number of hydrogen-bond donors (Lipinski definition) is 1. The van der Waals surface area contributed by atoms with Gasteiger partial charge in [-0.25, -0.2) is 0 Å². The Balaban J connectivity index is 1.55. The van der Waals surface area contributed by atoms with E-state index in [0.29, 0.717) is 0 Å². The number of anilines is 2. The molecule has 0 radical (unpaired) electrons. The van der Waals surface area contributed by atoms with Crippen LogP contribution in [0, 0.1) is 0 Å². The van der Waals surface area contributed by atoms with Gasteiger partial charge >= 0.3 is 0 Å². The highest BCUT2D eigenvalue weighted by Crippen LogP contribution is 2.22. The first-order chi connectivity index (χ1) is 11.4. The zero-order valence-corrected chi connectivity index (χ0v) is 13.4. The lowest BCUT2D eigenvalue weighted by molar-refractivity contribution is 0.735. The van der Waals surface area contributed by atoms with Gasteiger partial charge in [0.2, 0.25) is 0 Å². The number of aryl methyl sites for hydroxylation is 2. The van der Waals surface area contributed by atoms with E-state index in [2.05, 4.69) is 84.2 Å². The quantitative estimate of drug-likeness (QED) is 0.528. The van der Waals surface area contributed by atoms with E-state index in [0.717, 1.165) is 18.5 Å². The number of hydrogen-bond acceptors (Lipinski definition) is 1. The van der Waals surface area contributed by atoms with Gasteiger partial charge in [-0.05, 0) is 55.0 Å². The van der Waals surface area contributed by atoms with Crippen LogP contribution >= 0.6 is 0 Å². The Morgan fingerprint density at radius 3 is 1.96 bits per heavy atom. The highest BCUT2D eigenvalue weighted by Gasteiger charge is 2.02. The zero-order valence-electron chi connectivity index (χ0n) is 13.4. The summed E-state index contributed by atoms with van der Waals surface area (Å²) in [4.78, 5) is 0. The Kier molecular flexibility index (Phi) is 5.47. The van der Waals surface area contributed by atoms with E-state index in [4.69, 9.17) is 0 Å². The summed E-state index contributed by atoms with van der Waals surface area (Å²) in [5.74, 6) is 0. The fourth-order valence-corrected chi connectivity index (χ4v) is 2.83. The molecule has 3 rings (SSSR count). The minimum absolute atomic E-state index is 1.11. The molecule has 0 bridgehead atoms. The number of rotatable bonds is 7. The second-order valence-electron chi connectivity index (χ2n) is 5.84. The summed E-state index contributed by atoms with van der Waals surface area (Å²) < 4.78 is 0. The van der Waals surface area contributed by atoms with Gasteiger partial charge < -0.3 is 5.32 Å². The van der Waals surface area contributed by atoms with E-state index in [1.165, 1.54) is 29.7 Å². The van der Waals surface area contributed by atoms with Crippen LogP contribution in [0.3, 0.4) is 0 Å². The summed E-state index contributed by atoms with van der Waals surface area (Å²) in [5, 5.41) is 3.53. The first-order valence-electron chi connectivity index (χ1n) is 8.36. The molecule has 3 aromatic carbocycles. The van der Waals surface area contributed by atoms with Crippen LogP contribution in [0.25, 0.3) is 0 Å². The summed E-state index contributed by atoms with van der Waals surface area (Å²) in [6.07, 6.45) is 4.71. The molecule has 0 spiro atoms. The van der Waals surface area contributed by atoms with Crippen molar-refractivity contribution in [1.82, 2.24) is 0 Å². The third kappa shape index (κ3) is 4.72. The molecule has 3 aromatic rings. The second kappa shape index (κ2) is 8.19. The van der Waals surface area contributed by atoms with Crippen LogP contribution < -0.4 is 5.32 Å². The Morgan fingerprint density at radius 1 is 0.565 bits per heavy atom. The van der Waals surface area contributed by atoms with Crippen LogP contribution in [0.1, 0.15) is 24.0 Å². The molecule has 0 aliphatic heterocycles. The number of para-hydroxylation sites is 2. The molecule has 0 atom stereocenters. The van der Waals surface area contributed by atoms with Crippen molar-refractivity contribution in [3.8, 4) is 0 Å². The molecule has 1 heteroatoms. The van der Waals surface area contributed by atoms with E-state index in [9.17, 15) is 0 Å². The SMILES string of the molecule is c1ccc(CCCCc2ccccc2Nc2ccccc2)cc1. The third-order valence-electron chi connectivity index (χ3n) is 4.07. The monoisotopic (exact) mass is 301 g/mol. The molecule has 1 nitrogen and oxygen atoms in total. The lowest BCUT2D eigenvalue weighted by Crippen LogP contribution is -1.96. The topological polar surface area (TPSA) is 12.0 Å². The lowest BCUT2D eigenvalue weighted by atomic mass is 10.0. The Labute approximate surface area is 139 Å². The molecule has 0 unspecified atom stereocenters. The van der Waals surface area contributed by atoms with Gasteiger partial charge in [0.25, 0.3) is 0 Å². The molecule has 0 fully saturated rings. The molecular weight excluding hydrogens is 278 g/mol. The number of unbranched alkanes of at least 4 members (excludes halogenated alkanes) is 1. The smallest absolute Gasteiger partial charge is 0.0416 e. The fraction of sp³-hybridized carbons (Fsp3) is 0.182. The maximum absolute atomic E-state index is 3.53. The fourth-order valence-electron chi connectivity index (χ4n) is 2.83. The van der Waals surface area contributed by atoms with Gasteiger partial charge in [-0.15, -0.1) is 0 Å². The van der Waals surface area contributed by atoms with Crippen LogP contribution in [-0.2, 0) is 12.8 Å². The zero-order chi connectivity index (χ0) is 15.7. The van der Waals surface area contributed by atoms with E-state index >= 15 is 0 Å². The Bertz CT molecular complexity index is 704. The van der Waals surface area contributed by atoms with Crippen molar-refractivity contribution in [2.45, 2.75) is 25.7 Å². The van der Waals surface area contributed by atoms with Gasteiger partial charge in [-0.1, -0.05) is 66.7 Å². The maximum atomic E-state index is 3.53. The van der Waals surface area contributed by atoms with Gasteiger partial charge in [0.1, 0.15) is 0 Å². The van der Waals surface area contributed by atoms with Crippen LogP contribution in [0.15, 0.2) is 84.9 Å². The predicted molar refractivity (Wildman–Crippen MR) is 99.3 cm³/mol. The normalized spacial score (nSPS) is 10.4. The molecule has 0 amide bonds. The van der Waals surface area contributed by atoms with Crippen LogP contribution in [-0.4, -0.2) is 0 Å². The minimum Gasteiger partial charge on any atom is -0.355 e. The van der Waals surface area contributed by atoms with Gasteiger partial charge in [-0.3, -0.25) is 0 Å². The number of nitrogens with one attached hydrogen (secondary N) is 1. The van der Waals surface area contributed by atoms with E-state index in [1.807, 2.05) is 6.07 Å². The highest BCUT2D eigenvalue weighted by molar-refractivity contribution is 5.63. The Hall–Kier alpha value is -2.54. The van der Waals surface area contributed by atoms with Crippen LogP contribution in [0.4, 0.5) is 11.4 Å². The Morgan fingerprint density at radius 2 is 1.17 bits per heavy atom. The summed E-state index contributed by atoms with van der Waals surface area (Å²) >= 11 is 0. The van der Waals surface area contributed by atoms with E-state index in [1.54, 1.807) is 0 Å². The van der Waals surface area contributed by atoms with Crippen molar-refractivity contribution in [2.75, 3.05) is 5.32 Å². The summed E-state index contributed by atoms with van der Waals surface area (Å²) in [7, 11) is 0.